The Morgan fingerprint density at radius 1 is 1.25 bits per heavy atom. The van der Waals surface area contributed by atoms with Crippen LogP contribution in [0.4, 0.5) is 5.82 Å². The Balaban J connectivity index is 2.29. The number of aromatic nitrogens is 2. The number of hydrogen-bond donors (Lipinski definition) is 2. The van der Waals surface area contributed by atoms with Gasteiger partial charge in [-0.2, -0.15) is 0 Å². The summed E-state index contributed by atoms with van der Waals surface area (Å²) in [4.78, 5) is 17.9. The molecule has 3 N–H and O–H groups in total. The summed E-state index contributed by atoms with van der Waals surface area (Å²) in [5.41, 5.74) is 6.19. The van der Waals surface area contributed by atoms with Crippen LogP contribution in [0.15, 0.2) is 11.1 Å². The molecule has 16 heavy (non-hydrogen) atoms. The van der Waals surface area contributed by atoms with Gasteiger partial charge in [0.2, 0.25) is 0 Å². The summed E-state index contributed by atoms with van der Waals surface area (Å²) in [7, 11) is 0. The van der Waals surface area contributed by atoms with Crippen molar-refractivity contribution in [1.29, 1.82) is 0 Å². The van der Waals surface area contributed by atoms with E-state index >= 15 is 0 Å². The fourth-order valence-corrected chi connectivity index (χ4v) is 1.77. The molecule has 4 heteroatoms. The highest BCUT2D eigenvalue weighted by Gasteiger charge is 2.04. The monoisotopic (exact) mass is 223 g/mol. The van der Waals surface area contributed by atoms with E-state index in [1.54, 1.807) is 0 Å². The molecule has 0 aliphatic rings. The van der Waals surface area contributed by atoms with Gasteiger partial charge in [0, 0.05) is 0 Å². The predicted octanol–water partition coefficient (Wildman–Crippen LogP) is 2.26. The molecule has 0 saturated carbocycles. The average Bonchev–Trinajstić information content (AvgIpc) is 2.26. The van der Waals surface area contributed by atoms with Crippen molar-refractivity contribution in [3.63, 3.8) is 0 Å². The first-order valence-electron chi connectivity index (χ1n) is 6.07. The zero-order chi connectivity index (χ0) is 11.8. The van der Waals surface area contributed by atoms with Gasteiger partial charge in [0.05, 0.1) is 11.9 Å². The average molecular weight is 223 g/mol. The minimum Gasteiger partial charge on any atom is -0.383 e. The first-order chi connectivity index (χ1) is 7.75. The zero-order valence-corrected chi connectivity index (χ0v) is 9.96. The van der Waals surface area contributed by atoms with Crippen LogP contribution in [0.3, 0.4) is 0 Å². The van der Waals surface area contributed by atoms with Crippen molar-refractivity contribution in [3.05, 3.63) is 22.2 Å². The van der Waals surface area contributed by atoms with E-state index in [0.29, 0.717) is 11.4 Å². The molecule has 0 unspecified atom stereocenters. The van der Waals surface area contributed by atoms with Crippen molar-refractivity contribution in [2.45, 2.75) is 51.9 Å². The summed E-state index contributed by atoms with van der Waals surface area (Å²) in [5, 5.41) is 0. The molecule has 0 spiro atoms. The molecule has 1 aromatic heterocycles. The van der Waals surface area contributed by atoms with Gasteiger partial charge in [0.15, 0.2) is 0 Å². The Morgan fingerprint density at radius 3 is 2.62 bits per heavy atom. The number of rotatable bonds is 7. The zero-order valence-electron chi connectivity index (χ0n) is 9.96. The van der Waals surface area contributed by atoms with Gasteiger partial charge in [0.25, 0.3) is 5.56 Å². The maximum Gasteiger partial charge on any atom is 0.255 e. The summed E-state index contributed by atoms with van der Waals surface area (Å²) in [5.74, 6) is 0.373. The minimum absolute atomic E-state index is 0.0962. The van der Waals surface area contributed by atoms with Crippen molar-refractivity contribution < 1.29 is 0 Å². The third kappa shape index (κ3) is 4.04. The van der Waals surface area contributed by atoms with E-state index in [9.17, 15) is 4.79 Å². The summed E-state index contributed by atoms with van der Waals surface area (Å²) in [6, 6.07) is 0. The lowest BCUT2D eigenvalue weighted by molar-refractivity contribution is 0.606. The molecule has 0 aliphatic carbocycles. The second-order valence-electron chi connectivity index (χ2n) is 4.11. The summed E-state index contributed by atoms with van der Waals surface area (Å²) >= 11 is 0. The molecule has 1 aromatic rings. The third-order valence-electron chi connectivity index (χ3n) is 2.76. The largest absolute Gasteiger partial charge is 0.383 e. The molecule has 0 aromatic carbocycles. The standard InChI is InChI=1S/C12H21N3O/c1-2-3-4-5-6-7-8-10-11(13)14-9-15-12(10)16/h9H,2-8H2,1H3,(H3,13,14,15,16). The van der Waals surface area contributed by atoms with E-state index < -0.39 is 0 Å². The summed E-state index contributed by atoms with van der Waals surface area (Å²) in [6.07, 6.45) is 9.35. The van der Waals surface area contributed by atoms with Gasteiger partial charge in [-0.3, -0.25) is 4.79 Å². The van der Waals surface area contributed by atoms with Gasteiger partial charge in [0.1, 0.15) is 5.82 Å². The molecule has 0 fully saturated rings. The highest BCUT2D eigenvalue weighted by Crippen LogP contribution is 2.09. The second-order valence-corrected chi connectivity index (χ2v) is 4.11. The maximum atomic E-state index is 11.4. The van der Waals surface area contributed by atoms with E-state index in [0.717, 1.165) is 19.3 Å². The Kier molecular flexibility index (Phi) is 5.61. The van der Waals surface area contributed by atoms with Crippen molar-refractivity contribution in [2.24, 2.45) is 0 Å². The Hall–Kier alpha value is -1.32. The molecule has 4 nitrogen and oxygen atoms in total. The number of unbranched alkanes of at least 4 members (excludes halogenated alkanes) is 5. The number of nitrogens with one attached hydrogen (secondary N) is 1. The summed E-state index contributed by atoms with van der Waals surface area (Å²) < 4.78 is 0. The number of aromatic amines is 1. The smallest absolute Gasteiger partial charge is 0.255 e. The molecular formula is C12H21N3O. The fraction of sp³-hybridized carbons (Fsp3) is 0.667. The second kappa shape index (κ2) is 7.04. The van der Waals surface area contributed by atoms with Crippen molar-refractivity contribution in [2.75, 3.05) is 5.73 Å². The van der Waals surface area contributed by atoms with Crippen LogP contribution in [0.25, 0.3) is 0 Å². The van der Waals surface area contributed by atoms with E-state index in [1.807, 2.05) is 0 Å². The van der Waals surface area contributed by atoms with Crippen LogP contribution >= 0.6 is 0 Å². The number of nitrogens with zero attached hydrogens (tertiary/aromatic N) is 1. The molecule has 0 bridgehead atoms. The molecular weight excluding hydrogens is 202 g/mol. The quantitative estimate of drug-likeness (QED) is 0.696. The Labute approximate surface area is 96.3 Å². The van der Waals surface area contributed by atoms with Gasteiger partial charge >= 0.3 is 0 Å². The van der Waals surface area contributed by atoms with Crippen molar-refractivity contribution >= 4 is 5.82 Å². The van der Waals surface area contributed by atoms with Crippen LogP contribution in [0.2, 0.25) is 0 Å². The van der Waals surface area contributed by atoms with Gasteiger partial charge in [-0.15, -0.1) is 0 Å². The van der Waals surface area contributed by atoms with Crippen molar-refractivity contribution in [3.8, 4) is 0 Å². The molecule has 0 radical (unpaired) electrons. The van der Waals surface area contributed by atoms with Gasteiger partial charge < -0.3 is 10.7 Å². The number of hydrogen-bond acceptors (Lipinski definition) is 3. The van der Waals surface area contributed by atoms with E-state index in [1.165, 1.54) is 32.0 Å². The van der Waals surface area contributed by atoms with Crippen LogP contribution < -0.4 is 11.3 Å². The normalized spacial score (nSPS) is 10.6. The van der Waals surface area contributed by atoms with Gasteiger partial charge in [-0.05, 0) is 12.8 Å². The first kappa shape index (κ1) is 12.7. The van der Waals surface area contributed by atoms with E-state index in [-0.39, 0.29) is 5.56 Å². The Morgan fingerprint density at radius 2 is 1.94 bits per heavy atom. The molecule has 90 valence electrons. The van der Waals surface area contributed by atoms with Gasteiger partial charge in [-0.25, -0.2) is 4.98 Å². The van der Waals surface area contributed by atoms with Crippen molar-refractivity contribution in [1.82, 2.24) is 9.97 Å². The van der Waals surface area contributed by atoms with Crippen LogP contribution in [-0.4, -0.2) is 9.97 Å². The number of nitrogen functional groups attached to an aromatic ring is 1. The van der Waals surface area contributed by atoms with Gasteiger partial charge in [-0.1, -0.05) is 39.0 Å². The third-order valence-corrected chi connectivity index (χ3v) is 2.76. The SMILES string of the molecule is CCCCCCCCc1c(N)nc[nH]c1=O. The maximum absolute atomic E-state index is 11.4. The van der Waals surface area contributed by atoms with Crippen LogP contribution in [0.5, 0.6) is 0 Å². The predicted molar refractivity (Wildman–Crippen MR) is 66.4 cm³/mol. The summed E-state index contributed by atoms with van der Waals surface area (Å²) in [6.45, 7) is 2.20. The van der Waals surface area contributed by atoms with E-state index in [4.69, 9.17) is 5.73 Å². The van der Waals surface area contributed by atoms with Crippen LogP contribution in [-0.2, 0) is 6.42 Å². The molecule has 0 amide bonds. The highest BCUT2D eigenvalue weighted by molar-refractivity contribution is 5.36. The number of nitrogens with two attached hydrogens (primary N) is 1. The Bertz CT molecular complexity index is 360. The molecule has 0 aliphatic heterocycles. The lowest BCUT2D eigenvalue weighted by Crippen LogP contribution is -2.16. The first-order valence-corrected chi connectivity index (χ1v) is 6.07. The molecule has 1 heterocycles. The molecule has 1 rings (SSSR count). The lowest BCUT2D eigenvalue weighted by atomic mass is 10.1. The molecule has 0 atom stereocenters. The topological polar surface area (TPSA) is 71.8 Å². The van der Waals surface area contributed by atoms with E-state index in [2.05, 4.69) is 16.9 Å². The van der Waals surface area contributed by atoms with Crippen LogP contribution in [0.1, 0.15) is 51.0 Å². The number of anilines is 1. The fourth-order valence-electron chi connectivity index (χ4n) is 1.77. The molecule has 0 saturated heterocycles. The van der Waals surface area contributed by atoms with Crippen LogP contribution in [0, 0.1) is 0 Å². The highest BCUT2D eigenvalue weighted by atomic mass is 16.1. The number of H-pyrrole nitrogens is 1. The lowest BCUT2D eigenvalue weighted by Gasteiger charge is -2.03. The minimum atomic E-state index is -0.0962.